The Morgan fingerprint density at radius 1 is 0.960 bits per heavy atom. The van der Waals surface area contributed by atoms with Crippen molar-refractivity contribution in [2.24, 2.45) is 0 Å². The average molecular weight is 339 g/mol. The van der Waals surface area contributed by atoms with E-state index in [0.29, 0.717) is 13.1 Å². The largest absolute Gasteiger partial charge is 0.361 e. The highest BCUT2D eigenvalue weighted by Crippen LogP contribution is 2.17. The maximum atomic E-state index is 12.7. The van der Waals surface area contributed by atoms with Gasteiger partial charge in [0.15, 0.2) is 11.6 Å². The second-order valence-corrected chi connectivity index (χ2v) is 6.72. The molecule has 0 N–H and O–H groups in total. The number of hydrogen-bond acceptors (Lipinski definition) is 5. The number of benzene rings is 1. The fraction of sp³-hybridized carbons (Fsp3) is 0.421. The number of piperazine rings is 1. The van der Waals surface area contributed by atoms with Crippen LogP contribution >= 0.6 is 0 Å². The van der Waals surface area contributed by atoms with Crippen LogP contribution in [-0.2, 0) is 0 Å². The van der Waals surface area contributed by atoms with E-state index in [1.165, 1.54) is 5.56 Å². The van der Waals surface area contributed by atoms with Crippen molar-refractivity contribution in [2.45, 2.75) is 13.8 Å². The number of anilines is 2. The standard InChI is InChI=1S/C19H25N5O/c1-14-5-6-16(13-15(14)2)19(25)24-11-9-23(10-12-24)18-8-7-17(20-21-18)22(3)4/h5-8,13H,9-12H2,1-4H3. The third-order valence-electron chi connectivity index (χ3n) is 4.74. The lowest BCUT2D eigenvalue weighted by Crippen LogP contribution is -2.49. The molecule has 25 heavy (non-hydrogen) atoms. The molecule has 2 aromatic rings. The molecule has 3 rings (SSSR count). The number of nitrogens with zero attached hydrogens (tertiary/aromatic N) is 5. The van der Waals surface area contributed by atoms with E-state index in [2.05, 4.69) is 22.0 Å². The van der Waals surface area contributed by atoms with Crippen molar-refractivity contribution in [3.8, 4) is 0 Å². The molecule has 1 aliphatic rings. The van der Waals surface area contributed by atoms with E-state index in [0.717, 1.165) is 35.9 Å². The molecule has 0 unspecified atom stereocenters. The lowest BCUT2D eigenvalue weighted by Gasteiger charge is -2.35. The summed E-state index contributed by atoms with van der Waals surface area (Å²) in [5.41, 5.74) is 3.13. The van der Waals surface area contributed by atoms with Crippen molar-refractivity contribution in [1.82, 2.24) is 15.1 Å². The molecule has 1 aromatic heterocycles. The van der Waals surface area contributed by atoms with Crippen LogP contribution in [0.25, 0.3) is 0 Å². The van der Waals surface area contributed by atoms with Crippen LogP contribution in [0.2, 0.25) is 0 Å². The second-order valence-electron chi connectivity index (χ2n) is 6.72. The lowest BCUT2D eigenvalue weighted by molar-refractivity contribution is 0.0746. The normalized spacial score (nSPS) is 14.6. The predicted molar refractivity (Wildman–Crippen MR) is 100 cm³/mol. The number of carbonyl (C=O) groups is 1. The first-order valence-corrected chi connectivity index (χ1v) is 8.58. The molecular weight excluding hydrogens is 314 g/mol. The number of aryl methyl sites for hydroxylation is 2. The summed E-state index contributed by atoms with van der Waals surface area (Å²) in [6.45, 7) is 7.04. The molecule has 0 saturated carbocycles. The van der Waals surface area contributed by atoms with Gasteiger partial charge in [-0.1, -0.05) is 6.07 Å². The van der Waals surface area contributed by atoms with Crippen molar-refractivity contribution >= 4 is 17.5 Å². The second kappa shape index (κ2) is 7.09. The van der Waals surface area contributed by atoms with E-state index >= 15 is 0 Å². The van der Waals surface area contributed by atoms with Crippen LogP contribution < -0.4 is 9.80 Å². The highest BCUT2D eigenvalue weighted by molar-refractivity contribution is 5.94. The molecule has 0 radical (unpaired) electrons. The zero-order valence-corrected chi connectivity index (χ0v) is 15.4. The number of amides is 1. The molecule has 2 heterocycles. The van der Waals surface area contributed by atoms with E-state index in [9.17, 15) is 4.79 Å². The number of hydrogen-bond donors (Lipinski definition) is 0. The van der Waals surface area contributed by atoms with Gasteiger partial charge >= 0.3 is 0 Å². The summed E-state index contributed by atoms with van der Waals surface area (Å²) in [5, 5.41) is 8.53. The monoisotopic (exact) mass is 339 g/mol. The van der Waals surface area contributed by atoms with Gasteiger partial charge in [-0.2, -0.15) is 0 Å². The summed E-state index contributed by atoms with van der Waals surface area (Å²) in [5.74, 6) is 1.81. The van der Waals surface area contributed by atoms with Gasteiger partial charge in [0.1, 0.15) is 0 Å². The molecule has 6 heteroatoms. The van der Waals surface area contributed by atoms with E-state index < -0.39 is 0 Å². The fourth-order valence-corrected chi connectivity index (χ4v) is 2.92. The van der Waals surface area contributed by atoms with Gasteiger partial charge in [-0.15, -0.1) is 10.2 Å². The molecular formula is C19H25N5O. The molecule has 0 aliphatic carbocycles. The number of carbonyl (C=O) groups excluding carboxylic acids is 1. The van der Waals surface area contributed by atoms with E-state index in [1.807, 2.05) is 61.2 Å². The van der Waals surface area contributed by atoms with Gasteiger partial charge in [-0.25, -0.2) is 0 Å². The van der Waals surface area contributed by atoms with Gasteiger partial charge in [0.2, 0.25) is 0 Å². The number of aromatic nitrogens is 2. The first kappa shape index (κ1) is 17.2. The Hall–Kier alpha value is -2.63. The third kappa shape index (κ3) is 3.73. The maximum Gasteiger partial charge on any atom is 0.253 e. The Morgan fingerprint density at radius 2 is 1.68 bits per heavy atom. The van der Waals surface area contributed by atoms with Crippen LogP contribution in [0, 0.1) is 13.8 Å². The Labute approximate surface area is 149 Å². The topological polar surface area (TPSA) is 52.6 Å². The SMILES string of the molecule is Cc1ccc(C(=O)N2CCN(c3ccc(N(C)C)nn3)CC2)cc1C. The summed E-state index contributed by atoms with van der Waals surface area (Å²) in [6, 6.07) is 9.87. The van der Waals surface area contributed by atoms with Gasteiger partial charge in [0.25, 0.3) is 5.91 Å². The Morgan fingerprint density at radius 3 is 2.24 bits per heavy atom. The van der Waals surface area contributed by atoms with Crippen molar-refractivity contribution in [3.05, 3.63) is 47.0 Å². The van der Waals surface area contributed by atoms with Gasteiger partial charge in [-0.3, -0.25) is 4.79 Å². The minimum absolute atomic E-state index is 0.108. The van der Waals surface area contributed by atoms with Crippen LogP contribution in [0.4, 0.5) is 11.6 Å². The third-order valence-corrected chi connectivity index (χ3v) is 4.74. The minimum Gasteiger partial charge on any atom is -0.361 e. The first-order chi connectivity index (χ1) is 12.0. The van der Waals surface area contributed by atoms with Crippen LogP contribution in [0.1, 0.15) is 21.5 Å². The molecule has 0 bridgehead atoms. The van der Waals surface area contributed by atoms with Crippen LogP contribution in [0.5, 0.6) is 0 Å². The van der Waals surface area contributed by atoms with Crippen LogP contribution in [-0.4, -0.2) is 61.3 Å². The molecule has 0 atom stereocenters. The molecule has 6 nitrogen and oxygen atoms in total. The summed E-state index contributed by atoms with van der Waals surface area (Å²) in [7, 11) is 3.89. The Kier molecular flexibility index (Phi) is 4.88. The molecule has 1 saturated heterocycles. The summed E-state index contributed by atoms with van der Waals surface area (Å²) >= 11 is 0. The molecule has 132 valence electrons. The molecule has 1 fully saturated rings. The Balaban J connectivity index is 1.63. The van der Waals surface area contributed by atoms with Crippen molar-refractivity contribution in [2.75, 3.05) is 50.1 Å². The number of rotatable bonds is 3. The van der Waals surface area contributed by atoms with E-state index in [4.69, 9.17) is 0 Å². The van der Waals surface area contributed by atoms with E-state index in [1.54, 1.807) is 0 Å². The fourth-order valence-electron chi connectivity index (χ4n) is 2.92. The van der Waals surface area contributed by atoms with Gasteiger partial charge in [-0.05, 0) is 49.2 Å². The molecule has 1 aliphatic heterocycles. The van der Waals surface area contributed by atoms with Gasteiger partial charge < -0.3 is 14.7 Å². The predicted octanol–water partition coefficient (Wildman–Crippen LogP) is 2.12. The highest BCUT2D eigenvalue weighted by Gasteiger charge is 2.23. The smallest absolute Gasteiger partial charge is 0.253 e. The van der Waals surface area contributed by atoms with Gasteiger partial charge in [0, 0.05) is 45.8 Å². The first-order valence-electron chi connectivity index (χ1n) is 8.58. The maximum absolute atomic E-state index is 12.7. The van der Waals surface area contributed by atoms with Gasteiger partial charge in [0.05, 0.1) is 0 Å². The summed E-state index contributed by atoms with van der Waals surface area (Å²) < 4.78 is 0. The summed E-state index contributed by atoms with van der Waals surface area (Å²) in [4.78, 5) is 18.7. The summed E-state index contributed by atoms with van der Waals surface area (Å²) in [6.07, 6.45) is 0. The Bertz CT molecular complexity index is 749. The average Bonchev–Trinajstić information content (AvgIpc) is 2.63. The lowest BCUT2D eigenvalue weighted by atomic mass is 10.1. The van der Waals surface area contributed by atoms with Crippen LogP contribution in [0.15, 0.2) is 30.3 Å². The van der Waals surface area contributed by atoms with Crippen molar-refractivity contribution in [1.29, 1.82) is 0 Å². The van der Waals surface area contributed by atoms with E-state index in [-0.39, 0.29) is 5.91 Å². The molecule has 1 amide bonds. The zero-order valence-electron chi connectivity index (χ0n) is 15.4. The van der Waals surface area contributed by atoms with Crippen molar-refractivity contribution in [3.63, 3.8) is 0 Å². The molecule has 0 spiro atoms. The quantitative estimate of drug-likeness (QED) is 0.857. The minimum atomic E-state index is 0.108. The molecule has 1 aromatic carbocycles. The van der Waals surface area contributed by atoms with Crippen molar-refractivity contribution < 1.29 is 4.79 Å². The zero-order chi connectivity index (χ0) is 18.0. The van der Waals surface area contributed by atoms with Crippen LogP contribution in [0.3, 0.4) is 0 Å². The highest BCUT2D eigenvalue weighted by atomic mass is 16.2.